The molecule has 0 saturated carbocycles. The van der Waals surface area contributed by atoms with Crippen molar-refractivity contribution in [2.75, 3.05) is 5.73 Å². The van der Waals surface area contributed by atoms with Crippen molar-refractivity contribution in [3.05, 3.63) is 33.3 Å². The maximum Gasteiger partial charge on any atom is 0.227 e. The van der Waals surface area contributed by atoms with Crippen molar-refractivity contribution in [1.29, 1.82) is 0 Å². The molecule has 0 aromatic carbocycles. The molecule has 0 saturated heterocycles. The van der Waals surface area contributed by atoms with Gasteiger partial charge in [0.2, 0.25) is 11.8 Å². The molecule has 0 unspecified atom stereocenters. The number of nitrogens with zero attached hydrogens (tertiary/aromatic N) is 2. The summed E-state index contributed by atoms with van der Waals surface area (Å²) in [5.41, 5.74) is 5.69. The van der Waals surface area contributed by atoms with Gasteiger partial charge in [0.15, 0.2) is 0 Å². The average Bonchev–Trinajstić information content (AvgIpc) is 2.93. The van der Waals surface area contributed by atoms with Crippen LogP contribution in [0.1, 0.15) is 9.75 Å². The van der Waals surface area contributed by atoms with E-state index < -0.39 is 0 Å². The van der Waals surface area contributed by atoms with Crippen LogP contribution in [-0.2, 0) is 6.61 Å². The molecule has 0 aliphatic rings. The SMILES string of the molecule is Cc1cc2c(OCc3cccs3)nc(N)nc2s1. The Labute approximate surface area is 112 Å². The van der Waals surface area contributed by atoms with Gasteiger partial charge in [0.1, 0.15) is 11.4 Å². The van der Waals surface area contributed by atoms with Gasteiger partial charge in [-0.3, -0.25) is 0 Å². The lowest BCUT2D eigenvalue weighted by Gasteiger charge is -2.05. The second-order valence-corrected chi connectivity index (χ2v) is 6.10. The molecule has 6 heteroatoms. The van der Waals surface area contributed by atoms with Gasteiger partial charge in [-0.05, 0) is 24.4 Å². The number of hydrogen-bond acceptors (Lipinski definition) is 6. The predicted molar refractivity (Wildman–Crippen MR) is 75.2 cm³/mol. The van der Waals surface area contributed by atoms with E-state index in [1.165, 1.54) is 4.88 Å². The van der Waals surface area contributed by atoms with Crippen molar-refractivity contribution >= 4 is 38.8 Å². The van der Waals surface area contributed by atoms with Crippen LogP contribution >= 0.6 is 22.7 Å². The van der Waals surface area contributed by atoms with Gasteiger partial charge in [0, 0.05) is 9.75 Å². The summed E-state index contributed by atoms with van der Waals surface area (Å²) >= 11 is 3.26. The molecule has 0 bridgehead atoms. The first-order valence-electron chi connectivity index (χ1n) is 5.41. The largest absolute Gasteiger partial charge is 0.471 e. The van der Waals surface area contributed by atoms with Crippen molar-refractivity contribution in [3.8, 4) is 5.88 Å². The molecule has 0 aliphatic carbocycles. The Balaban J connectivity index is 1.95. The smallest absolute Gasteiger partial charge is 0.227 e. The Hall–Kier alpha value is -1.66. The highest BCUT2D eigenvalue weighted by Gasteiger charge is 2.10. The quantitative estimate of drug-likeness (QED) is 0.798. The molecule has 0 atom stereocenters. The van der Waals surface area contributed by atoms with Crippen LogP contribution in [0.25, 0.3) is 10.2 Å². The van der Waals surface area contributed by atoms with Crippen molar-refractivity contribution in [3.63, 3.8) is 0 Å². The third kappa shape index (κ3) is 2.16. The highest BCUT2D eigenvalue weighted by atomic mass is 32.1. The number of hydrogen-bond donors (Lipinski definition) is 1. The van der Waals surface area contributed by atoms with E-state index in [1.807, 2.05) is 30.5 Å². The third-order valence-electron chi connectivity index (χ3n) is 2.43. The van der Waals surface area contributed by atoms with Crippen LogP contribution in [0.5, 0.6) is 5.88 Å². The van der Waals surface area contributed by atoms with Crippen LogP contribution < -0.4 is 10.5 Å². The topological polar surface area (TPSA) is 61.0 Å². The molecule has 0 radical (unpaired) electrons. The van der Waals surface area contributed by atoms with Gasteiger partial charge in [0.25, 0.3) is 0 Å². The first-order valence-corrected chi connectivity index (χ1v) is 7.11. The molecular weight excluding hydrogens is 266 g/mol. The monoisotopic (exact) mass is 277 g/mol. The lowest BCUT2D eigenvalue weighted by molar-refractivity contribution is 0.301. The summed E-state index contributed by atoms with van der Waals surface area (Å²) in [6.45, 7) is 2.55. The molecule has 3 heterocycles. The van der Waals surface area contributed by atoms with Crippen molar-refractivity contribution < 1.29 is 4.74 Å². The summed E-state index contributed by atoms with van der Waals surface area (Å²) in [5.74, 6) is 0.820. The molecule has 0 amide bonds. The minimum absolute atomic E-state index is 0.255. The number of fused-ring (bicyclic) bond motifs is 1. The van der Waals surface area contributed by atoms with Crippen molar-refractivity contribution in [2.45, 2.75) is 13.5 Å². The summed E-state index contributed by atoms with van der Waals surface area (Å²) in [5, 5.41) is 2.96. The van der Waals surface area contributed by atoms with Crippen LogP contribution in [0, 0.1) is 6.92 Å². The normalized spacial score (nSPS) is 10.9. The van der Waals surface area contributed by atoms with E-state index in [0.29, 0.717) is 12.5 Å². The molecule has 4 nitrogen and oxygen atoms in total. The second-order valence-electron chi connectivity index (χ2n) is 3.83. The Morgan fingerprint density at radius 1 is 1.39 bits per heavy atom. The summed E-state index contributed by atoms with van der Waals surface area (Å²) in [6.07, 6.45) is 0. The van der Waals surface area contributed by atoms with E-state index in [0.717, 1.165) is 15.1 Å². The molecule has 3 aromatic rings. The number of thiophene rings is 2. The molecule has 92 valence electrons. The van der Waals surface area contributed by atoms with E-state index in [9.17, 15) is 0 Å². The number of nitrogens with two attached hydrogens (primary N) is 1. The Morgan fingerprint density at radius 2 is 2.28 bits per heavy atom. The molecule has 2 N–H and O–H groups in total. The number of aryl methyl sites for hydroxylation is 1. The summed E-state index contributed by atoms with van der Waals surface area (Å²) in [7, 11) is 0. The maximum absolute atomic E-state index is 5.74. The van der Waals surface area contributed by atoms with E-state index >= 15 is 0 Å². The highest BCUT2D eigenvalue weighted by Crippen LogP contribution is 2.30. The minimum Gasteiger partial charge on any atom is -0.471 e. The Kier molecular flexibility index (Phi) is 2.89. The fourth-order valence-corrected chi connectivity index (χ4v) is 3.17. The summed E-state index contributed by atoms with van der Waals surface area (Å²) in [6, 6.07) is 6.07. The average molecular weight is 277 g/mol. The van der Waals surface area contributed by atoms with E-state index in [4.69, 9.17) is 10.5 Å². The summed E-state index contributed by atoms with van der Waals surface area (Å²) in [4.78, 5) is 11.6. The highest BCUT2D eigenvalue weighted by molar-refractivity contribution is 7.18. The zero-order valence-corrected chi connectivity index (χ0v) is 11.3. The van der Waals surface area contributed by atoms with Crippen LogP contribution in [0.2, 0.25) is 0 Å². The van der Waals surface area contributed by atoms with Crippen LogP contribution in [0.4, 0.5) is 5.95 Å². The molecule has 0 fully saturated rings. The standard InChI is InChI=1S/C12H11N3OS2/c1-7-5-9-10(14-12(13)15-11(9)18-7)16-6-8-3-2-4-17-8/h2-5H,6H2,1H3,(H2,13,14,15). The Bertz CT molecular complexity index is 676. The first-order chi connectivity index (χ1) is 8.72. The molecule has 0 aliphatic heterocycles. The number of ether oxygens (including phenoxy) is 1. The summed E-state index contributed by atoms with van der Waals surface area (Å²) < 4.78 is 5.74. The van der Waals surface area contributed by atoms with Crippen LogP contribution in [0.3, 0.4) is 0 Å². The van der Waals surface area contributed by atoms with Gasteiger partial charge >= 0.3 is 0 Å². The fourth-order valence-electron chi connectivity index (χ4n) is 1.68. The fraction of sp³-hybridized carbons (Fsp3) is 0.167. The lowest BCUT2D eigenvalue weighted by Crippen LogP contribution is -2.00. The van der Waals surface area contributed by atoms with Crippen molar-refractivity contribution in [2.24, 2.45) is 0 Å². The van der Waals surface area contributed by atoms with Crippen LogP contribution in [0.15, 0.2) is 23.6 Å². The molecular formula is C12H11N3OS2. The molecule has 3 aromatic heterocycles. The van der Waals surface area contributed by atoms with Gasteiger partial charge < -0.3 is 10.5 Å². The van der Waals surface area contributed by atoms with Gasteiger partial charge in [-0.15, -0.1) is 22.7 Å². The maximum atomic E-state index is 5.74. The lowest BCUT2D eigenvalue weighted by atomic mass is 10.3. The Morgan fingerprint density at radius 3 is 3.06 bits per heavy atom. The van der Waals surface area contributed by atoms with Gasteiger partial charge in [-0.2, -0.15) is 4.98 Å². The number of rotatable bonds is 3. The van der Waals surface area contributed by atoms with Gasteiger partial charge in [-0.1, -0.05) is 6.07 Å². The van der Waals surface area contributed by atoms with Crippen molar-refractivity contribution in [1.82, 2.24) is 9.97 Å². The van der Waals surface area contributed by atoms with Gasteiger partial charge in [-0.25, -0.2) is 4.98 Å². The van der Waals surface area contributed by atoms with Crippen LogP contribution in [-0.4, -0.2) is 9.97 Å². The number of anilines is 1. The minimum atomic E-state index is 0.255. The number of aromatic nitrogens is 2. The third-order valence-corrected chi connectivity index (χ3v) is 4.22. The zero-order chi connectivity index (χ0) is 12.5. The van der Waals surface area contributed by atoms with E-state index in [-0.39, 0.29) is 5.95 Å². The second kappa shape index (κ2) is 4.55. The first kappa shape index (κ1) is 11.4. The molecule has 18 heavy (non-hydrogen) atoms. The molecule has 0 spiro atoms. The number of nitrogen functional groups attached to an aromatic ring is 1. The zero-order valence-electron chi connectivity index (χ0n) is 9.71. The molecule has 3 rings (SSSR count). The van der Waals surface area contributed by atoms with E-state index in [2.05, 4.69) is 9.97 Å². The predicted octanol–water partition coefficient (Wildman–Crippen LogP) is 3.22. The van der Waals surface area contributed by atoms with Gasteiger partial charge in [0.05, 0.1) is 5.39 Å². The van der Waals surface area contributed by atoms with E-state index in [1.54, 1.807) is 22.7 Å².